The van der Waals surface area contributed by atoms with Crippen LogP contribution in [-0.2, 0) is 35.0 Å². The van der Waals surface area contributed by atoms with Crippen molar-refractivity contribution >= 4 is 33.5 Å². The highest BCUT2D eigenvalue weighted by Crippen LogP contribution is 2.33. The number of alkyl halides is 5. The molecule has 0 aromatic heterocycles. The standard InChI is InChI=1S/C41H50F5N3O9S/c1-7-59(53,54)33-18-10-26(11-19-33)34(20-21-55-37(51)35(25(2)3)48-39(52)58-40(4,5)6)47-36(50)27-8-14-29(15-9-27)49-23-32(22-30(49)24-56-38(42)43)57-31-16-12-28(13-17-31)41(44,45)46/h8-19,25,30,32,34-35,38H,7,20-24H2,1-6H3,(H,47,50)(H,48,52)/t30-,32-,34-,35?/m0/s1. The van der Waals surface area contributed by atoms with Gasteiger partial charge in [0.25, 0.3) is 5.91 Å². The number of halogens is 5. The van der Waals surface area contributed by atoms with Crippen LogP contribution < -0.4 is 20.3 Å². The van der Waals surface area contributed by atoms with Crippen LogP contribution >= 0.6 is 0 Å². The number of nitrogens with one attached hydrogen (secondary N) is 2. The van der Waals surface area contributed by atoms with E-state index in [2.05, 4.69) is 15.4 Å². The van der Waals surface area contributed by atoms with Crippen LogP contribution in [0.2, 0.25) is 0 Å². The molecule has 1 saturated heterocycles. The molecule has 2 amide bonds. The molecule has 1 aliphatic heterocycles. The SMILES string of the molecule is CCS(=O)(=O)c1ccc([C@H](CCOC(=O)C(NC(=O)OC(C)(C)C)C(C)C)NC(=O)c2ccc(N3C[C@@H](Oc4ccc(C(F)(F)F)cc4)C[C@H]3COC(F)F)cc2)cc1. The minimum atomic E-state index is -4.52. The van der Waals surface area contributed by atoms with Crippen molar-refractivity contribution in [3.8, 4) is 5.75 Å². The highest BCUT2D eigenvalue weighted by molar-refractivity contribution is 7.91. The molecule has 3 aromatic rings. The Hall–Kier alpha value is -4.97. The van der Waals surface area contributed by atoms with Gasteiger partial charge in [0.1, 0.15) is 23.5 Å². The summed E-state index contributed by atoms with van der Waals surface area (Å²) in [6.45, 7) is 6.60. The minimum absolute atomic E-state index is 0.0621. The molecule has 59 heavy (non-hydrogen) atoms. The van der Waals surface area contributed by atoms with Crippen LogP contribution in [0.1, 0.15) is 81.9 Å². The van der Waals surface area contributed by atoms with Gasteiger partial charge >= 0.3 is 24.9 Å². The van der Waals surface area contributed by atoms with Crippen molar-refractivity contribution in [1.29, 1.82) is 0 Å². The summed E-state index contributed by atoms with van der Waals surface area (Å²) in [6, 6.07) is 14.0. The predicted octanol–water partition coefficient (Wildman–Crippen LogP) is 7.72. The van der Waals surface area contributed by atoms with Crippen LogP contribution in [0.3, 0.4) is 0 Å². The summed E-state index contributed by atoms with van der Waals surface area (Å²) in [5.74, 6) is -1.55. The van der Waals surface area contributed by atoms with E-state index in [1.54, 1.807) is 63.8 Å². The maximum absolute atomic E-state index is 13.7. The first-order valence-corrected chi connectivity index (χ1v) is 20.6. The number of carbonyl (C=O) groups is 3. The Labute approximate surface area is 340 Å². The molecule has 1 fully saturated rings. The van der Waals surface area contributed by atoms with E-state index in [0.29, 0.717) is 11.3 Å². The van der Waals surface area contributed by atoms with Crippen LogP contribution in [0.25, 0.3) is 0 Å². The van der Waals surface area contributed by atoms with E-state index >= 15 is 0 Å². The van der Waals surface area contributed by atoms with Crippen LogP contribution in [0.15, 0.2) is 77.7 Å². The Balaban J connectivity index is 1.49. The fourth-order valence-corrected chi connectivity index (χ4v) is 7.16. The van der Waals surface area contributed by atoms with Gasteiger partial charge < -0.3 is 34.5 Å². The Morgan fingerprint density at radius 3 is 2.07 bits per heavy atom. The monoisotopic (exact) mass is 855 g/mol. The number of alkyl carbamates (subject to hydrolysis) is 1. The first-order valence-electron chi connectivity index (χ1n) is 19.0. The summed E-state index contributed by atoms with van der Waals surface area (Å²) in [5, 5.41) is 5.44. The van der Waals surface area contributed by atoms with E-state index in [4.69, 9.17) is 14.2 Å². The largest absolute Gasteiger partial charge is 0.489 e. The summed E-state index contributed by atoms with van der Waals surface area (Å²) < 4.78 is 111. The number of ether oxygens (including phenoxy) is 4. The second kappa shape index (κ2) is 19.9. The molecule has 1 unspecified atom stereocenters. The van der Waals surface area contributed by atoms with Gasteiger partial charge in [-0.2, -0.15) is 22.0 Å². The summed E-state index contributed by atoms with van der Waals surface area (Å²) in [7, 11) is -3.52. The highest BCUT2D eigenvalue weighted by atomic mass is 32.2. The van der Waals surface area contributed by atoms with Gasteiger partial charge in [0.15, 0.2) is 9.84 Å². The quantitative estimate of drug-likeness (QED) is 0.102. The molecular formula is C41H50F5N3O9S. The van der Waals surface area contributed by atoms with Crippen LogP contribution in [0, 0.1) is 5.92 Å². The average molecular weight is 856 g/mol. The average Bonchev–Trinajstić information content (AvgIpc) is 3.57. The first kappa shape index (κ1) is 46.7. The maximum Gasteiger partial charge on any atom is 0.416 e. The lowest BCUT2D eigenvalue weighted by Gasteiger charge is -2.26. The molecule has 12 nitrogen and oxygen atoms in total. The number of hydrogen-bond acceptors (Lipinski definition) is 10. The van der Waals surface area contributed by atoms with Gasteiger partial charge in [-0.1, -0.05) is 32.9 Å². The lowest BCUT2D eigenvalue weighted by atomic mass is 10.0. The molecule has 18 heteroatoms. The summed E-state index contributed by atoms with van der Waals surface area (Å²) >= 11 is 0. The third-order valence-corrected chi connectivity index (χ3v) is 11.1. The number of sulfone groups is 1. The zero-order valence-corrected chi connectivity index (χ0v) is 34.4. The Bertz CT molecular complexity index is 1970. The number of esters is 1. The van der Waals surface area contributed by atoms with E-state index in [-0.39, 0.29) is 60.5 Å². The van der Waals surface area contributed by atoms with Gasteiger partial charge in [0, 0.05) is 24.1 Å². The molecule has 1 heterocycles. The Morgan fingerprint density at radius 1 is 0.898 bits per heavy atom. The van der Waals surface area contributed by atoms with Crippen molar-refractivity contribution in [3.05, 3.63) is 89.5 Å². The molecule has 4 atom stereocenters. The highest BCUT2D eigenvalue weighted by Gasteiger charge is 2.36. The van der Waals surface area contributed by atoms with Gasteiger partial charge in [-0.05, 0) is 92.9 Å². The Kier molecular flexibility index (Phi) is 15.7. The smallest absolute Gasteiger partial charge is 0.416 e. The van der Waals surface area contributed by atoms with Gasteiger partial charge in [0.05, 0.1) is 48.1 Å². The molecule has 2 N–H and O–H groups in total. The summed E-state index contributed by atoms with van der Waals surface area (Å²) in [6.07, 6.45) is -5.62. The van der Waals surface area contributed by atoms with Crippen LogP contribution in [-0.4, -0.2) is 82.3 Å². The number of amides is 2. The van der Waals surface area contributed by atoms with Gasteiger partial charge in [-0.3, -0.25) is 4.79 Å². The van der Waals surface area contributed by atoms with E-state index in [1.807, 2.05) is 0 Å². The predicted molar refractivity (Wildman–Crippen MR) is 208 cm³/mol. The van der Waals surface area contributed by atoms with Gasteiger partial charge in [0.2, 0.25) is 0 Å². The van der Waals surface area contributed by atoms with Crippen molar-refractivity contribution in [2.75, 3.05) is 30.4 Å². The van der Waals surface area contributed by atoms with Crippen molar-refractivity contribution in [2.45, 2.75) is 102 Å². The molecule has 0 bridgehead atoms. The molecular weight excluding hydrogens is 806 g/mol. The third kappa shape index (κ3) is 13.8. The summed E-state index contributed by atoms with van der Waals surface area (Å²) in [5.41, 5.74) is -0.372. The van der Waals surface area contributed by atoms with Gasteiger partial charge in [-0.15, -0.1) is 0 Å². The second-order valence-electron chi connectivity index (χ2n) is 15.3. The zero-order chi connectivity index (χ0) is 43.7. The second-order valence-corrected chi connectivity index (χ2v) is 17.5. The number of anilines is 1. The first-order chi connectivity index (χ1) is 27.6. The normalized spacial score (nSPS) is 17.1. The molecule has 0 aliphatic carbocycles. The lowest BCUT2D eigenvalue weighted by Crippen LogP contribution is -2.47. The molecule has 4 rings (SSSR count). The molecule has 3 aromatic carbocycles. The molecule has 0 spiro atoms. The van der Waals surface area contributed by atoms with Crippen molar-refractivity contribution in [1.82, 2.24) is 10.6 Å². The van der Waals surface area contributed by atoms with Crippen molar-refractivity contribution < 1.29 is 63.7 Å². The summed E-state index contributed by atoms with van der Waals surface area (Å²) in [4.78, 5) is 41.0. The number of carbonyl (C=O) groups excluding carboxylic acids is 3. The molecule has 1 aliphatic rings. The number of benzene rings is 3. The molecule has 0 saturated carbocycles. The zero-order valence-electron chi connectivity index (χ0n) is 33.6. The van der Waals surface area contributed by atoms with Crippen molar-refractivity contribution in [3.63, 3.8) is 0 Å². The number of hydrogen-bond donors (Lipinski definition) is 2. The number of rotatable bonds is 17. The van der Waals surface area contributed by atoms with E-state index in [9.17, 15) is 44.8 Å². The Morgan fingerprint density at radius 2 is 1.53 bits per heavy atom. The molecule has 324 valence electrons. The van der Waals surface area contributed by atoms with Gasteiger partial charge in [-0.25, -0.2) is 18.0 Å². The van der Waals surface area contributed by atoms with E-state index in [1.165, 1.54) is 43.3 Å². The lowest BCUT2D eigenvalue weighted by molar-refractivity contribution is -0.147. The van der Waals surface area contributed by atoms with Crippen molar-refractivity contribution in [2.24, 2.45) is 5.92 Å². The third-order valence-electron chi connectivity index (χ3n) is 9.31. The molecule has 0 radical (unpaired) electrons. The van der Waals surface area contributed by atoms with E-state index < -0.39 is 76.0 Å². The van der Waals surface area contributed by atoms with Crippen LogP contribution in [0.5, 0.6) is 5.75 Å². The van der Waals surface area contributed by atoms with Crippen LogP contribution in [0.4, 0.5) is 32.4 Å². The minimum Gasteiger partial charge on any atom is -0.489 e. The fraction of sp³-hybridized carbons (Fsp3) is 0.488. The fourth-order valence-electron chi connectivity index (χ4n) is 6.27. The van der Waals surface area contributed by atoms with E-state index in [0.717, 1.165) is 12.1 Å². The number of nitrogens with zero attached hydrogens (tertiary/aromatic N) is 1. The topological polar surface area (TPSA) is 150 Å². The maximum atomic E-state index is 13.7.